The molecule has 1 heterocycles. The number of benzene rings is 1. The van der Waals surface area contributed by atoms with Crippen LogP contribution in [0.2, 0.25) is 0 Å². The van der Waals surface area contributed by atoms with Crippen molar-refractivity contribution in [2.75, 3.05) is 19.7 Å². The molecule has 0 unspecified atom stereocenters. The molecule has 142 valence electrons. The van der Waals surface area contributed by atoms with Crippen molar-refractivity contribution in [3.63, 3.8) is 0 Å². The summed E-state index contributed by atoms with van der Waals surface area (Å²) in [5, 5.41) is 8.84. The van der Waals surface area contributed by atoms with Crippen LogP contribution in [0.25, 0.3) is 0 Å². The molecule has 1 amide bonds. The van der Waals surface area contributed by atoms with Crippen molar-refractivity contribution in [3.8, 4) is 5.75 Å². The van der Waals surface area contributed by atoms with Crippen LogP contribution in [0.4, 0.5) is 13.2 Å². The number of hydrogen-bond acceptors (Lipinski definition) is 4. The van der Waals surface area contributed by atoms with Gasteiger partial charge in [0.05, 0.1) is 19.1 Å². The summed E-state index contributed by atoms with van der Waals surface area (Å²) >= 11 is 0. The molecule has 3 atom stereocenters. The van der Waals surface area contributed by atoms with E-state index in [0.29, 0.717) is 18.5 Å². The van der Waals surface area contributed by atoms with Crippen molar-refractivity contribution in [1.29, 1.82) is 0 Å². The molecule has 1 N–H and O–H groups in total. The fourth-order valence-electron chi connectivity index (χ4n) is 3.29. The third-order valence-electron chi connectivity index (χ3n) is 4.50. The zero-order valence-electron chi connectivity index (χ0n) is 13.7. The van der Waals surface area contributed by atoms with Gasteiger partial charge in [0.1, 0.15) is 5.75 Å². The molecule has 1 saturated carbocycles. The second kappa shape index (κ2) is 7.14. The maximum absolute atomic E-state index is 12.6. The van der Waals surface area contributed by atoms with Gasteiger partial charge in [-0.2, -0.15) is 0 Å². The number of morpholine rings is 1. The highest BCUT2D eigenvalue weighted by molar-refractivity contribution is 5.83. The molecule has 2 aliphatic rings. The van der Waals surface area contributed by atoms with Crippen molar-refractivity contribution in [3.05, 3.63) is 29.8 Å². The average Bonchev–Trinajstić information content (AvgIpc) is 3.33. The fraction of sp³-hybridized carbons (Fsp3) is 0.529. The quantitative estimate of drug-likeness (QED) is 0.858. The Morgan fingerprint density at radius 1 is 1.31 bits per heavy atom. The van der Waals surface area contributed by atoms with Crippen LogP contribution in [-0.4, -0.2) is 54.0 Å². The summed E-state index contributed by atoms with van der Waals surface area (Å²) < 4.78 is 47.0. The number of alkyl halides is 3. The molecule has 0 bridgehead atoms. The first-order valence-electron chi connectivity index (χ1n) is 8.21. The number of nitrogens with zero attached hydrogens (tertiary/aromatic N) is 1. The van der Waals surface area contributed by atoms with Gasteiger partial charge in [-0.05, 0) is 24.0 Å². The van der Waals surface area contributed by atoms with Gasteiger partial charge in [-0.1, -0.05) is 18.2 Å². The van der Waals surface area contributed by atoms with Crippen LogP contribution in [0.3, 0.4) is 0 Å². The maximum Gasteiger partial charge on any atom is 0.573 e. The van der Waals surface area contributed by atoms with Crippen LogP contribution in [-0.2, 0) is 14.3 Å². The minimum atomic E-state index is -4.79. The molecular formula is C17H18F3NO5. The molecule has 0 aromatic heterocycles. The summed E-state index contributed by atoms with van der Waals surface area (Å²) in [5.41, 5.74) is 0.360. The van der Waals surface area contributed by atoms with Gasteiger partial charge in [0.15, 0.2) is 0 Å². The number of ether oxygens (including phenoxy) is 2. The highest BCUT2D eigenvalue weighted by atomic mass is 19.4. The standard InChI is InChI=1S/C17H18F3NO5/c18-17(19,20)26-14-4-2-1-3-11(14)12-8-13(12)16(24)21-5-6-25-10(9-21)7-15(22)23/h1-4,10,12-13H,5-9H2,(H,22,23)/t10-,12-,13+/m1/s1. The lowest BCUT2D eigenvalue weighted by molar-refractivity contribution is -0.274. The zero-order valence-corrected chi connectivity index (χ0v) is 13.7. The Hall–Kier alpha value is -2.29. The number of halogens is 3. The molecule has 1 aliphatic carbocycles. The van der Waals surface area contributed by atoms with Gasteiger partial charge >= 0.3 is 12.3 Å². The van der Waals surface area contributed by atoms with Gasteiger partial charge in [-0.3, -0.25) is 9.59 Å². The Morgan fingerprint density at radius 3 is 2.73 bits per heavy atom. The van der Waals surface area contributed by atoms with E-state index in [2.05, 4.69) is 4.74 Å². The number of carbonyl (C=O) groups excluding carboxylic acids is 1. The van der Waals surface area contributed by atoms with E-state index in [-0.39, 0.29) is 37.1 Å². The van der Waals surface area contributed by atoms with Crippen LogP contribution >= 0.6 is 0 Å². The molecule has 2 fully saturated rings. The van der Waals surface area contributed by atoms with E-state index in [0.717, 1.165) is 0 Å². The number of rotatable bonds is 5. The predicted octanol–water partition coefficient (Wildman–Crippen LogP) is 2.39. The van der Waals surface area contributed by atoms with Crippen molar-refractivity contribution >= 4 is 11.9 Å². The Kier molecular flexibility index (Phi) is 5.08. The van der Waals surface area contributed by atoms with Gasteiger partial charge in [0, 0.05) is 19.0 Å². The minimum absolute atomic E-state index is 0.176. The third-order valence-corrected chi connectivity index (χ3v) is 4.50. The molecule has 1 aromatic rings. The van der Waals surface area contributed by atoms with E-state index >= 15 is 0 Å². The van der Waals surface area contributed by atoms with Gasteiger partial charge in [-0.25, -0.2) is 0 Å². The molecule has 3 rings (SSSR count). The van der Waals surface area contributed by atoms with Gasteiger partial charge in [0.2, 0.25) is 5.91 Å². The van der Waals surface area contributed by atoms with Crippen LogP contribution in [0.5, 0.6) is 5.75 Å². The van der Waals surface area contributed by atoms with E-state index in [1.165, 1.54) is 23.1 Å². The molecule has 6 nitrogen and oxygen atoms in total. The third kappa shape index (κ3) is 4.46. The van der Waals surface area contributed by atoms with Crippen molar-refractivity contribution in [1.82, 2.24) is 4.90 Å². The average molecular weight is 373 g/mol. The molecule has 9 heteroatoms. The monoisotopic (exact) mass is 373 g/mol. The smallest absolute Gasteiger partial charge is 0.481 e. The number of amides is 1. The van der Waals surface area contributed by atoms with Gasteiger partial charge < -0.3 is 19.5 Å². The Balaban J connectivity index is 1.65. The summed E-state index contributed by atoms with van der Waals surface area (Å²) in [5.74, 6) is -2.23. The summed E-state index contributed by atoms with van der Waals surface area (Å²) in [6.07, 6.45) is -5.11. The molecule has 26 heavy (non-hydrogen) atoms. The predicted molar refractivity (Wildman–Crippen MR) is 82.5 cm³/mol. The number of para-hydroxylation sites is 1. The van der Waals surface area contributed by atoms with Crippen LogP contribution in [0, 0.1) is 5.92 Å². The second-order valence-corrected chi connectivity index (χ2v) is 6.41. The van der Waals surface area contributed by atoms with Crippen molar-refractivity contribution in [2.24, 2.45) is 5.92 Å². The molecule has 0 spiro atoms. The zero-order chi connectivity index (χ0) is 18.9. The van der Waals surface area contributed by atoms with Crippen LogP contribution in [0.1, 0.15) is 24.3 Å². The first kappa shape index (κ1) is 18.5. The minimum Gasteiger partial charge on any atom is -0.481 e. The summed E-state index contributed by atoms with van der Waals surface area (Å²) in [4.78, 5) is 25.0. The highest BCUT2D eigenvalue weighted by Crippen LogP contribution is 2.51. The van der Waals surface area contributed by atoms with E-state index in [1.54, 1.807) is 6.07 Å². The highest BCUT2D eigenvalue weighted by Gasteiger charge is 2.48. The first-order valence-corrected chi connectivity index (χ1v) is 8.21. The molecular weight excluding hydrogens is 355 g/mol. The molecule has 0 radical (unpaired) electrons. The number of aliphatic carboxylic acids is 1. The number of hydrogen-bond donors (Lipinski definition) is 1. The van der Waals surface area contributed by atoms with Gasteiger partial charge in [0.25, 0.3) is 0 Å². The number of carboxylic acids is 1. The second-order valence-electron chi connectivity index (χ2n) is 6.41. The normalized spacial score (nSPS) is 25.7. The number of carboxylic acid groups (broad SMARTS) is 1. The summed E-state index contributed by atoms with van der Waals surface area (Å²) in [7, 11) is 0. The lowest BCUT2D eigenvalue weighted by atomic mass is 10.1. The maximum atomic E-state index is 12.6. The van der Waals surface area contributed by atoms with Gasteiger partial charge in [-0.15, -0.1) is 13.2 Å². The summed E-state index contributed by atoms with van der Waals surface area (Å²) in [6.45, 7) is 0.767. The Morgan fingerprint density at radius 2 is 2.04 bits per heavy atom. The lowest BCUT2D eigenvalue weighted by Gasteiger charge is -2.32. The molecule has 1 saturated heterocycles. The first-order chi connectivity index (χ1) is 12.2. The molecule has 1 aliphatic heterocycles. The van der Waals surface area contributed by atoms with E-state index in [4.69, 9.17) is 9.84 Å². The largest absolute Gasteiger partial charge is 0.573 e. The topological polar surface area (TPSA) is 76.1 Å². The Bertz CT molecular complexity index is 693. The van der Waals surface area contributed by atoms with Crippen LogP contribution in [0.15, 0.2) is 24.3 Å². The SMILES string of the molecule is O=C(O)C[C@@H]1CN(C(=O)[C@H]2C[C@@H]2c2ccccc2OC(F)(F)F)CCO1. The van der Waals surface area contributed by atoms with E-state index in [9.17, 15) is 22.8 Å². The van der Waals surface area contributed by atoms with E-state index in [1.807, 2.05) is 0 Å². The number of carbonyl (C=O) groups is 2. The Labute approximate surface area is 147 Å². The van der Waals surface area contributed by atoms with Crippen molar-refractivity contribution < 1.29 is 37.3 Å². The fourth-order valence-corrected chi connectivity index (χ4v) is 3.29. The van der Waals surface area contributed by atoms with Crippen molar-refractivity contribution in [2.45, 2.75) is 31.2 Å². The van der Waals surface area contributed by atoms with Crippen LogP contribution < -0.4 is 4.74 Å². The molecule has 1 aromatic carbocycles. The van der Waals surface area contributed by atoms with E-state index < -0.39 is 24.4 Å². The summed E-state index contributed by atoms with van der Waals surface area (Å²) in [6, 6.07) is 5.82. The lowest BCUT2D eigenvalue weighted by Crippen LogP contribution is -2.47.